The van der Waals surface area contributed by atoms with Crippen molar-refractivity contribution in [3.8, 4) is 0 Å². The number of aliphatic carboxylic acids is 2. The third kappa shape index (κ3) is 15.2. The van der Waals surface area contributed by atoms with Crippen molar-refractivity contribution in [2.45, 2.75) is 18.9 Å². The lowest BCUT2D eigenvalue weighted by Gasteiger charge is -2.04. The maximum absolute atomic E-state index is 10.1. The molecule has 0 saturated heterocycles. The Morgan fingerprint density at radius 1 is 1.33 bits per heavy atom. The van der Waals surface area contributed by atoms with Crippen molar-refractivity contribution in [2.24, 2.45) is 5.73 Å². The zero-order chi connectivity index (χ0) is 14.4. The Kier molecular flexibility index (Phi) is 15.4. The first-order valence-electron chi connectivity index (χ1n) is 5.63. The molecular formula is C10H23N3O4S. The van der Waals surface area contributed by atoms with Crippen LogP contribution in [0.1, 0.15) is 12.8 Å². The molecular weight excluding hydrogens is 258 g/mol. The summed E-state index contributed by atoms with van der Waals surface area (Å²) >= 11 is 3.79. The standard InChI is InChI=1S/C6H14N2O2.C4H9NO2S/c7-3-1-2-4-8-5-6(9)10;1-5-3(2-8)4(6)7/h8H,1-5,7H2,(H,9,10);3,5,8H,2H2,1H3,(H,6,7)/t;3-/m.0/s1. The van der Waals surface area contributed by atoms with Crippen LogP contribution in [0, 0.1) is 0 Å². The number of nitrogens with one attached hydrogen (secondary N) is 2. The van der Waals surface area contributed by atoms with Gasteiger partial charge in [0.15, 0.2) is 0 Å². The first-order valence-corrected chi connectivity index (χ1v) is 6.26. The topological polar surface area (TPSA) is 125 Å². The number of hydrogen-bond donors (Lipinski definition) is 6. The largest absolute Gasteiger partial charge is 0.480 e. The van der Waals surface area contributed by atoms with E-state index in [1.165, 1.54) is 0 Å². The van der Waals surface area contributed by atoms with E-state index in [0.717, 1.165) is 19.4 Å². The molecule has 8 heteroatoms. The van der Waals surface area contributed by atoms with Crippen molar-refractivity contribution in [3.63, 3.8) is 0 Å². The average Bonchev–Trinajstić information content (AvgIpc) is 2.30. The molecule has 0 rings (SSSR count). The molecule has 18 heavy (non-hydrogen) atoms. The molecule has 7 nitrogen and oxygen atoms in total. The van der Waals surface area contributed by atoms with Crippen molar-refractivity contribution in [2.75, 3.05) is 32.4 Å². The summed E-state index contributed by atoms with van der Waals surface area (Å²) in [5, 5.41) is 21.8. The summed E-state index contributed by atoms with van der Waals surface area (Å²) < 4.78 is 0. The van der Waals surface area contributed by atoms with Crippen LogP contribution in [0.2, 0.25) is 0 Å². The van der Waals surface area contributed by atoms with Crippen LogP contribution in [0.3, 0.4) is 0 Å². The molecule has 0 amide bonds. The normalized spacial score (nSPS) is 11.3. The number of nitrogens with two attached hydrogens (primary N) is 1. The molecule has 108 valence electrons. The number of thiol groups is 1. The number of rotatable bonds is 9. The Labute approximate surface area is 113 Å². The zero-order valence-electron chi connectivity index (χ0n) is 10.6. The number of unbranched alkanes of at least 4 members (excludes halogenated alkanes) is 1. The molecule has 0 aliphatic carbocycles. The zero-order valence-corrected chi connectivity index (χ0v) is 11.4. The van der Waals surface area contributed by atoms with Crippen molar-refractivity contribution in [1.29, 1.82) is 0 Å². The summed E-state index contributed by atoms with van der Waals surface area (Å²) in [7, 11) is 1.59. The summed E-state index contributed by atoms with van der Waals surface area (Å²) in [5.74, 6) is -1.35. The van der Waals surface area contributed by atoms with E-state index >= 15 is 0 Å². The van der Waals surface area contributed by atoms with Gasteiger partial charge in [0, 0.05) is 5.75 Å². The van der Waals surface area contributed by atoms with Gasteiger partial charge in [0.25, 0.3) is 0 Å². The highest BCUT2D eigenvalue weighted by molar-refractivity contribution is 7.80. The van der Waals surface area contributed by atoms with Crippen molar-refractivity contribution >= 4 is 24.6 Å². The van der Waals surface area contributed by atoms with Gasteiger partial charge in [-0.2, -0.15) is 12.6 Å². The summed E-state index contributed by atoms with van der Waals surface area (Å²) in [6.45, 7) is 1.46. The van der Waals surface area contributed by atoms with Crippen LogP contribution in [0.4, 0.5) is 0 Å². The first kappa shape index (κ1) is 19.5. The minimum Gasteiger partial charge on any atom is -0.480 e. The van der Waals surface area contributed by atoms with Gasteiger partial charge in [0.2, 0.25) is 0 Å². The fourth-order valence-corrected chi connectivity index (χ4v) is 1.22. The van der Waals surface area contributed by atoms with Crippen LogP contribution < -0.4 is 16.4 Å². The molecule has 6 N–H and O–H groups in total. The lowest BCUT2D eigenvalue weighted by molar-refractivity contribution is -0.139. The van der Waals surface area contributed by atoms with Crippen LogP contribution in [0.25, 0.3) is 0 Å². The van der Waals surface area contributed by atoms with E-state index in [-0.39, 0.29) is 6.54 Å². The molecule has 0 aromatic carbocycles. The summed E-state index contributed by atoms with van der Waals surface area (Å²) in [5.41, 5.74) is 5.23. The Morgan fingerprint density at radius 2 is 1.94 bits per heavy atom. The second-order valence-electron chi connectivity index (χ2n) is 3.43. The number of carboxylic acid groups (broad SMARTS) is 2. The molecule has 1 atom stereocenters. The number of likely N-dealkylation sites (N-methyl/N-ethyl adjacent to an activating group) is 1. The third-order valence-corrected chi connectivity index (χ3v) is 2.28. The lowest BCUT2D eigenvalue weighted by atomic mass is 10.3. The average molecular weight is 281 g/mol. The minimum absolute atomic E-state index is 0.0462. The molecule has 0 heterocycles. The Bertz CT molecular complexity index is 225. The van der Waals surface area contributed by atoms with Crippen LogP contribution in [0.5, 0.6) is 0 Å². The van der Waals surface area contributed by atoms with E-state index in [4.69, 9.17) is 15.9 Å². The monoisotopic (exact) mass is 281 g/mol. The van der Waals surface area contributed by atoms with Gasteiger partial charge in [0.1, 0.15) is 6.04 Å². The van der Waals surface area contributed by atoms with E-state index in [1.54, 1.807) is 7.05 Å². The fraction of sp³-hybridized carbons (Fsp3) is 0.800. The molecule has 0 aromatic rings. The molecule has 0 aliphatic rings. The molecule has 0 radical (unpaired) electrons. The van der Waals surface area contributed by atoms with E-state index < -0.39 is 18.0 Å². The van der Waals surface area contributed by atoms with Gasteiger partial charge in [-0.3, -0.25) is 9.59 Å². The highest BCUT2D eigenvalue weighted by Gasteiger charge is 2.10. The second-order valence-corrected chi connectivity index (χ2v) is 3.79. The SMILES string of the molecule is CN[C@@H](CS)C(=O)O.NCCCCNCC(=O)O. The van der Waals surface area contributed by atoms with Gasteiger partial charge < -0.3 is 26.6 Å². The molecule has 0 aromatic heterocycles. The molecule has 0 saturated carbocycles. The molecule has 0 spiro atoms. The first-order chi connectivity index (χ1) is 8.49. The summed E-state index contributed by atoms with van der Waals surface area (Å²) in [6, 6.07) is -0.515. The smallest absolute Gasteiger partial charge is 0.321 e. The Hall–Kier alpha value is -0.830. The number of carboxylic acids is 2. The highest BCUT2D eigenvalue weighted by atomic mass is 32.1. The quantitative estimate of drug-likeness (QED) is 0.236. The van der Waals surface area contributed by atoms with E-state index in [1.807, 2.05) is 0 Å². The molecule has 0 bridgehead atoms. The summed E-state index contributed by atoms with van der Waals surface area (Å²) in [6.07, 6.45) is 1.90. The Morgan fingerprint density at radius 3 is 2.22 bits per heavy atom. The lowest BCUT2D eigenvalue weighted by Crippen LogP contribution is -2.35. The van der Waals surface area contributed by atoms with Gasteiger partial charge in [-0.05, 0) is 33.0 Å². The van der Waals surface area contributed by atoms with Gasteiger partial charge in [-0.25, -0.2) is 0 Å². The minimum atomic E-state index is -0.859. The van der Waals surface area contributed by atoms with Gasteiger partial charge in [-0.1, -0.05) is 0 Å². The maximum atomic E-state index is 10.1. The third-order valence-electron chi connectivity index (χ3n) is 1.91. The molecule has 0 fully saturated rings. The van der Waals surface area contributed by atoms with Gasteiger partial charge >= 0.3 is 11.9 Å². The predicted molar refractivity (Wildman–Crippen MR) is 73.1 cm³/mol. The predicted octanol–water partition coefficient (Wildman–Crippen LogP) is -1.01. The highest BCUT2D eigenvalue weighted by Crippen LogP contribution is 1.84. The van der Waals surface area contributed by atoms with E-state index in [9.17, 15) is 9.59 Å². The van der Waals surface area contributed by atoms with Crippen molar-refractivity contribution < 1.29 is 19.8 Å². The van der Waals surface area contributed by atoms with Crippen LogP contribution in [-0.2, 0) is 9.59 Å². The Balaban J connectivity index is 0. The maximum Gasteiger partial charge on any atom is 0.321 e. The van der Waals surface area contributed by atoms with E-state index in [0.29, 0.717) is 12.3 Å². The van der Waals surface area contributed by atoms with Gasteiger partial charge in [-0.15, -0.1) is 0 Å². The van der Waals surface area contributed by atoms with Crippen molar-refractivity contribution in [1.82, 2.24) is 10.6 Å². The van der Waals surface area contributed by atoms with E-state index in [2.05, 4.69) is 23.3 Å². The second kappa shape index (κ2) is 14.2. The van der Waals surface area contributed by atoms with Crippen LogP contribution in [-0.4, -0.2) is 60.6 Å². The number of hydrogen-bond acceptors (Lipinski definition) is 6. The van der Waals surface area contributed by atoms with Crippen molar-refractivity contribution in [3.05, 3.63) is 0 Å². The molecule has 0 aliphatic heterocycles. The van der Waals surface area contributed by atoms with Crippen LogP contribution >= 0.6 is 12.6 Å². The number of carbonyl (C=O) groups is 2. The van der Waals surface area contributed by atoms with Gasteiger partial charge in [0.05, 0.1) is 6.54 Å². The summed E-state index contributed by atoms with van der Waals surface area (Å²) in [4.78, 5) is 20.0. The fourth-order valence-electron chi connectivity index (χ4n) is 0.883. The molecule has 0 unspecified atom stereocenters. The van der Waals surface area contributed by atoms with Crippen LogP contribution in [0.15, 0.2) is 0 Å².